The molecule has 0 saturated carbocycles. The average molecular weight is 309 g/mol. The zero-order valence-electron chi connectivity index (χ0n) is 12.9. The Morgan fingerprint density at radius 1 is 1.13 bits per heavy atom. The summed E-state index contributed by atoms with van der Waals surface area (Å²) in [6.07, 6.45) is 9.77. The zero-order chi connectivity index (χ0) is 15.7. The van der Waals surface area contributed by atoms with Crippen molar-refractivity contribution >= 4 is 11.9 Å². The summed E-state index contributed by atoms with van der Waals surface area (Å²) in [5.41, 5.74) is 0.916. The van der Waals surface area contributed by atoms with Gasteiger partial charge in [0.1, 0.15) is 0 Å². The van der Waals surface area contributed by atoms with Crippen molar-refractivity contribution in [1.29, 1.82) is 0 Å². The highest BCUT2D eigenvalue weighted by Crippen LogP contribution is 2.39. The Bertz CT molecular complexity index is 683. The van der Waals surface area contributed by atoms with E-state index in [1.165, 1.54) is 0 Å². The van der Waals surface area contributed by atoms with Gasteiger partial charge in [0.05, 0.1) is 5.92 Å². The summed E-state index contributed by atoms with van der Waals surface area (Å²) in [5, 5.41) is 3.26. The Morgan fingerprint density at radius 3 is 2.61 bits per heavy atom. The van der Waals surface area contributed by atoms with Crippen LogP contribution in [0, 0.1) is 0 Å². The number of rotatable bonds is 2. The molecule has 0 aliphatic carbocycles. The lowest BCUT2D eigenvalue weighted by atomic mass is 9.82. The number of carbonyl (C=O) groups excluding carboxylic acids is 1. The first-order valence-corrected chi connectivity index (χ1v) is 8.00. The van der Waals surface area contributed by atoms with Gasteiger partial charge in [-0.3, -0.25) is 9.78 Å². The van der Waals surface area contributed by atoms with Gasteiger partial charge in [-0.05, 0) is 37.0 Å². The number of aromatic nitrogens is 3. The summed E-state index contributed by atoms with van der Waals surface area (Å²) in [6.45, 7) is 1.73. The monoisotopic (exact) mass is 309 g/mol. The third-order valence-corrected chi connectivity index (χ3v) is 4.94. The van der Waals surface area contributed by atoms with Crippen LogP contribution in [-0.4, -0.2) is 39.5 Å². The smallest absolute Gasteiger partial charge is 0.228 e. The second-order valence-electron chi connectivity index (χ2n) is 6.35. The third kappa shape index (κ3) is 2.65. The van der Waals surface area contributed by atoms with Gasteiger partial charge in [-0.15, -0.1) is 0 Å². The minimum atomic E-state index is -0.0944. The number of hydrogen-bond acceptors (Lipinski definition) is 5. The molecule has 4 heterocycles. The Hall–Kier alpha value is -2.50. The van der Waals surface area contributed by atoms with Crippen molar-refractivity contribution in [3.8, 4) is 0 Å². The van der Waals surface area contributed by atoms with Gasteiger partial charge in [0.15, 0.2) is 0 Å². The van der Waals surface area contributed by atoms with Crippen LogP contribution in [0.5, 0.6) is 0 Å². The van der Waals surface area contributed by atoms with E-state index in [0.29, 0.717) is 0 Å². The van der Waals surface area contributed by atoms with E-state index in [0.717, 1.165) is 43.9 Å². The molecule has 6 heteroatoms. The molecule has 2 aromatic heterocycles. The molecule has 2 aromatic rings. The van der Waals surface area contributed by atoms with Crippen LogP contribution >= 0.6 is 0 Å². The van der Waals surface area contributed by atoms with Crippen molar-refractivity contribution in [2.45, 2.75) is 30.7 Å². The maximum atomic E-state index is 12.4. The van der Waals surface area contributed by atoms with Crippen LogP contribution in [0.1, 0.15) is 30.7 Å². The number of pyridine rings is 1. The standard InChI is InChI=1S/C17H19N5O/c23-15-14(13-3-1-6-18-12-13)11-17(21-15)4-9-22(10-5-17)16-19-7-2-8-20-16/h1-3,6-8,12,14H,4-5,9-11H2,(H,21,23). The highest BCUT2D eigenvalue weighted by molar-refractivity contribution is 5.87. The minimum Gasteiger partial charge on any atom is -0.350 e. The fraction of sp³-hybridized carbons (Fsp3) is 0.412. The molecule has 2 fully saturated rings. The molecule has 118 valence electrons. The van der Waals surface area contributed by atoms with Crippen LogP contribution in [0.15, 0.2) is 43.0 Å². The second-order valence-corrected chi connectivity index (χ2v) is 6.35. The quantitative estimate of drug-likeness (QED) is 0.910. The van der Waals surface area contributed by atoms with E-state index in [1.54, 1.807) is 24.8 Å². The lowest BCUT2D eigenvalue weighted by molar-refractivity contribution is -0.121. The molecule has 23 heavy (non-hydrogen) atoms. The second kappa shape index (κ2) is 5.61. The number of anilines is 1. The number of piperidine rings is 1. The van der Waals surface area contributed by atoms with Crippen LogP contribution < -0.4 is 10.2 Å². The lowest BCUT2D eigenvalue weighted by Crippen LogP contribution is -2.51. The van der Waals surface area contributed by atoms with E-state index in [-0.39, 0.29) is 17.4 Å². The SMILES string of the molecule is O=C1NC2(CCN(c3ncccn3)CC2)CC1c1cccnc1. The lowest BCUT2D eigenvalue weighted by Gasteiger charge is -2.39. The van der Waals surface area contributed by atoms with Gasteiger partial charge in [-0.25, -0.2) is 9.97 Å². The van der Waals surface area contributed by atoms with Crippen molar-refractivity contribution in [2.24, 2.45) is 0 Å². The topological polar surface area (TPSA) is 71.0 Å². The molecule has 0 radical (unpaired) electrons. The Labute approximate surface area is 135 Å². The largest absolute Gasteiger partial charge is 0.350 e. The first kappa shape index (κ1) is 14.1. The van der Waals surface area contributed by atoms with Gasteiger partial charge < -0.3 is 10.2 Å². The summed E-state index contributed by atoms with van der Waals surface area (Å²) >= 11 is 0. The van der Waals surface area contributed by atoms with Gasteiger partial charge in [0, 0.05) is 43.4 Å². The summed E-state index contributed by atoms with van der Waals surface area (Å²) < 4.78 is 0. The van der Waals surface area contributed by atoms with Crippen molar-refractivity contribution in [3.05, 3.63) is 48.5 Å². The fourth-order valence-electron chi connectivity index (χ4n) is 3.65. The van der Waals surface area contributed by atoms with Gasteiger partial charge in [0.2, 0.25) is 11.9 Å². The fourth-order valence-corrected chi connectivity index (χ4v) is 3.65. The Morgan fingerprint density at radius 2 is 1.91 bits per heavy atom. The first-order valence-electron chi connectivity index (χ1n) is 8.00. The maximum Gasteiger partial charge on any atom is 0.228 e. The molecule has 1 atom stereocenters. The highest BCUT2D eigenvalue weighted by Gasteiger charge is 2.46. The van der Waals surface area contributed by atoms with Crippen molar-refractivity contribution < 1.29 is 4.79 Å². The number of nitrogens with zero attached hydrogens (tertiary/aromatic N) is 4. The van der Waals surface area contributed by atoms with Crippen LogP contribution in [-0.2, 0) is 4.79 Å². The molecule has 2 saturated heterocycles. The van der Waals surface area contributed by atoms with E-state index in [2.05, 4.69) is 25.2 Å². The minimum absolute atomic E-state index is 0.0803. The van der Waals surface area contributed by atoms with Crippen molar-refractivity contribution in [1.82, 2.24) is 20.3 Å². The number of nitrogens with one attached hydrogen (secondary N) is 1. The number of hydrogen-bond donors (Lipinski definition) is 1. The van der Waals surface area contributed by atoms with Gasteiger partial charge >= 0.3 is 0 Å². The first-order chi connectivity index (χ1) is 11.3. The number of carbonyl (C=O) groups is 1. The summed E-state index contributed by atoms with van der Waals surface area (Å²) in [5.74, 6) is 0.820. The summed E-state index contributed by atoms with van der Waals surface area (Å²) in [6, 6.07) is 5.71. The average Bonchev–Trinajstić information content (AvgIpc) is 2.93. The Balaban J connectivity index is 1.47. The maximum absolute atomic E-state index is 12.4. The van der Waals surface area contributed by atoms with Crippen LogP contribution in [0.2, 0.25) is 0 Å². The highest BCUT2D eigenvalue weighted by atomic mass is 16.2. The molecule has 1 unspecified atom stereocenters. The summed E-state index contributed by atoms with van der Waals surface area (Å²) in [7, 11) is 0. The predicted octanol–water partition coefficient (Wildman–Crippen LogP) is 1.51. The Kier molecular flexibility index (Phi) is 3.44. The molecule has 0 bridgehead atoms. The molecule has 6 nitrogen and oxygen atoms in total. The van der Waals surface area contributed by atoms with E-state index in [1.807, 2.05) is 18.2 Å². The van der Waals surface area contributed by atoms with E-state index in [4.69, 9.17) is 0 Å². The molecule has 0 aromatic carbocycles. The van der Waals surface area contributed by atoms with Crippen LogP contribution in [0.25, 0.3) is 0 Å². The third-order valence-electron chi connectivity index (χ3n) is 4.94. The molecule has 2 aliphatic heterocycles. The molecular formula is C17H19N5O. The van der Waals surface area contributed by atoms with E-state index >= 15 is 0 Å². The predicted molar refractivity (Wildman–Crippen MR) is 85.9 cm³/mol. The van der Waals surface area contributed by atoms with Gasteiger partial charge in [-0.1, -0.05) is 6.07 Å². The molecule has 1 amide bonds. The van der Waals surface area contributed by atoms with Crippen molar-refractivity contribution in [3.63, 3.8) is 0 Å². The van der Waals surface area contributed by atoms with Crippen molar-refractivity contribution in [2.75, 3.05) is 18.0 Å². The molecule has 4 rings (SSSR count). The molecule has 1 N–H and O–H groups in total. The van der Waals surface area contributed by atoms with Crippen LogP contribution in [0.4, 0.5) is 5.95 Å². The normalized spacial score (nSPS) is 23.0. The zero-order valence-corrected chi connectivity index (χ0v) is 12.9. The molecular weight excluding hydrogens is 290 g/mol. The summed E-state index contributed by atoms with van der Waals surface area (Å²) in [4.78, 5) is 27.4. The van der Waals surface area contributed by atoms with Crippen LogP contribution in [0.3, 0.4) is 0 Å². The molecule has 1 spiro atoms. The van der Waals surface area contributed by atoms with Gasteiger partial charge in [0.25, 0.3) is 0 Å². The van der Waals surface area contributed by atoms with Gasteiger partial charge in [-0.2, -0.15) is 0 Å². The number of amides is 1. The van der Waals surface area contributed by atoms with E-state index < -0.39 is 0 Å². The molecule has 2 aliphatic rings. The van der Waals surface area contributed by atoms with E-state index in [9.17, 15) is 4.79 Å².